The number of aryl methyl sites for hydroxylation is 1. The Morgan fingerprint density at radius 1 is 1.24 bits per heavy atom. The van der Waals surface area contributed by atoms with Gasteiger partial charge in [0.2, 0.25) is 0 Å². The summed E-state index contributed by atoms with van der Waals surface area (Å²) in [6, 6.07) is 5.80. The minimum absolute atomic E-state index is 0.0423. The Morgan fingerprint density at radius 2 is 2.10 bits per heavy atom. The molecule has 150 valence electrons. The van der Waals surface area contributed by atoms with Crippen molar-refractivity contribution in [3.05, 3.63) is 40.8 Å². The summed E-state index contributed by atoms with van der Waals surface area (Å²) in [7, 11) is 0. The van der Waals surface area contributed by atoms with Crippen molar-refractivity contribution in [1.29, 1.82) is 5.26 Å². The summed E-state index contributed by atoms with van der Waals surface area (Å²) in [4.78, 5) is 21.6. The van der Waals surface area contributed by atoms with E-state index in [1.165, 1.54) is 0 Å². The molecule has 1 aliphatic carbocycles. The van der Waals surface area contributed by atoms with Gasteiger partial charge in [-0.05, 0) is 44.2 Å². The molecule has 2 aliphatic heterocycles. The molecule has 0 saturated carbocycles. The summed E-state index contributed by atoms with van der Waals surface area (Å²) < 4.78 is 6.21. The fourth-order valence-corrected chi connectivity index (χ4v) is 4.75. The van der Waals surface area contributed by atoms with Gasteiger partial charge in [-0.1, -0.05) is 0 Å². The first-order chi connectivity index (χ1) is 14.2. The lowest BCUT2D eigenvalue weighted by Gasteiger charge is -2.47. The molecule has 1 N–H and O–H groups in total. The van der Waals surface area contributed by atoms with E-state index in [0.29, 0.717) is 31.0 Å². The minimum atomic E-state index is -0.252. The van der Waals surface area contributed by atoms with E-state index in [9.17, 15) is 4.79 Å². The van der Waals surface area contributed by atoms with Crippen LogP contribution < -0.4 is 4.90 Å². The summed E-state index contributed by atoms with van der Waals surface area (Å²) in [5.74, 6) is 0.915. The van der Waals surface area contributed by atoms with E-state index < -0.39 is 0 Å². The van der Waals surface area contributed by atoms with Crippen LogP contribution in [0.2, 0.25) is 0 Å². The second-order valence-corrected chi connectivity index (χ2v) is 8.14. The Kier molecular flexibility index (Phi) is 4.47. The van der Waals surface area contributed by atoms with Gasteiger partial charge in [-0.25, -0.2) is 4.98 Å². The van der Waals surface area contributed by atoms with Crippen LogP contribution >= 0.6 is 0 Å². The molecule has 0 radical (unpaired) electrons. The van der Waals surface area contributed by atoms with Gasteiger partial charge in [-0.2, -0.15) is 10.4 Å². The van der Waals surface area contributed by atoms with Crippen LogP contribution in [0.4, 0.5) is 5.82 Å². The number of fused-ring (bicyclic) bond motifs is 1. The maximum atomic E-state index is 13.0. The predicted molar refractivity (Wildman–Crippen MR) is 106 cm³/mol. The van der Waals surface area contributed by atoms with Gasteiger partial charge < -0.3 is 14.5 Å². The number of hydrogen-bond donors (Lipinski definition) is 1. The molecule has 0 unspecified atom stereocenters. The van der Waals surface area contributed by atoms with Crippen molar-refractivity contribution in [1.82, 2.24) is 20.1 Å². The molecule has 2 fully saturated rings. The van der Waals surface area contributed by atoms with Crippen LogP contribution in [-0.4, -0.2) is 64.4 Å². The third kappa shape index (κ3) is 3.25. The van der Waals surface area contributed by atoms with Crippen LogP contribution in [0.1, 0.15) is 46.6 Å². The molecule has 2 saturated heterocycles. The van der Waals surface area contributed by atoms with E-state index in [-0.39, 0.29) is 11.5 Å². The van der Waals surface area contributed by atoms with Crippen LogP contribution in [0.25, 0.3) is 0 Å². The molecule has 8 heteroatoms. The molecule has 8 nitrogen and oxygen atoms in total. The first-order valence-corrected chi connectivity index (χ1v) is 10.3. The molecule has 0 bridgehead atoms. The predicted octanol–water partition coefficient (Wildman–Crippen LogP) is 1.68. The molecule has 0 aromatic carbocycles. The average molecular weight is 392 g/mol. The normalized spacial score (nSPS) is 20.5. The summed E-state index contributed by atoms with van der Waals surface area (Å²) in [5, 5.41) is 16.3. The number of amides is 1. The van der Waals surface area contributed by atoms with Gasteiger partial charge in [0.15, 0.2) is 5.69 Å². The lowest BCUT2D eigenvalue weighted by molar-refractivity contribution is -0.0870. The number of pyridine rings is 1. The molecular formula is C21H24N6O2. The van der Waals surface area contributed by atoms with E-state index in [1.54, 1.807) is 12.3 Å². The number of anilines is 1. The third-order valence-corrected chi connectivity index (χ3v) is 6.42. The Morgan fingerprint density at radius 3 is 2.86 bits per heavy atom. The smallest absolute Gasteiger partial charge is 0.274 e. The number of aromatic nitrogens is 3. The van der Waals surface area contributed by atoms with Gasteiger partial charge in [-0.15, -0.1) is 0 Å². The SMILES string of the molecule is N#Cc1ccc(N2CCOC3(CCN(C(=O)c4n[nH]c5c4CCC5)CC3)C2)nc1. The van der Waals surface area contributed by atoms with Crippen LogP contribution in [0.3, 0.4) is 0 Å². The number of rotatable bonds is 2. The summed E-state index contributed by atoms with van der Waals surface area (Å²) in [5.41, 5.74) is 3.16. The highest BCUT2D eigenvalue weighted by molar-refractivity contribution is 5.94. The Balaban J connectivity index is 1.25. The number of nitriles is 1. The van der Waals surface area contributed by atoms with Gasteiger partial charge in [0.25, 0.3) is 5.91 Å². The van der Waals surface area contributed by atoms with E-state index in [4.69, 9.17) is 10.00 Å². The quantitative estimate of drug-likeness (QED) is 0.835. The first kappa shape index (κ1) is 18.1. The standard InChI is InChI=1S/C21H24N6O2/c22-12-15-4-5-18(23-13-15)27-10-11-29-21(14-27)6-8-26(9-7-21)20(28)19-16-2-1-3-17(16)24-25-19/h4-5,13H,1-3,6-11,14H2,(H,24,25). The van der Waals surface area contributed by atoms with Crippen molar-refractivity contribution < 1.29 is 9.53 Å². The van der Waals surface area contributed by atoms with Crippen LogP contribution in [0.5, 0.6) is 0 Å². The molecule has 0 atom stereocenters. The van der Waals surface area contributed by atoms with Crippen molar-refractivity contribution in [3.63, 3.8) is 0 Å². The Hall–Kier alpha value is -2.92. The summed E-state index contributed by atoms with van der Waals surface area (Å²) in [6.45, 7) is 3.53. The second-order valence-electron chi connectivity index (χ2n) is 8.14. The number of H-pyrrole nitrogens is 1. The monoisotopic (exact) mass is 392 g/mol. The highest BCUT2D eigenvalue weighted by Gasteiger charge is 2.41. The number of nitrogens with zero attached hydrogens (tertiary/aromatic N) is 5. The molecule has 2 aromatic heterocycles. The van der Waals surface area contributed by atoms with Crippen molar-refractivity contribution in [2.45, 2.75) is 37.7 Å². The highest BCUT2D eigenvalue weighted by atomic mass is 16.5. The molecule has 2 aromatic rings. The lowest BCUT2D eigenvalue weighted by Crippen LogP contribution is -2.57. The largest absolute Gasteiger partial charge is 0.371 e. The van der Waals surface area contributed by atoms with Crippen molar-refractivity contribution in [2.24, 2.45) is 0 Å². The van der Waals surface area contributed by atoms with Crippen LogP contribution in [0, 0.1) is 11.3 Å². The van der Waals surface area contributed by atoms with Crippen LogP contribution in [-0.2, 0) is 17.6 Å². The minimum Gasteiger partial charge on any atom is -0.371 e. The zero-order chi connectivity index (χ0) is 19.8. The number of likely N-dealkylation sites (tertiary alicyclic amines) is 1. The number of nitrogens with one attached hydrogen (secondary N) is 1. The number of piperidine rings is 1. The molecule has 1 amide bonds. The number of morpholine rings is 1. The maximum Gasteiger partial charge on any atom is 0.274 e. The number of carbonyl (C=O) groups excluding carboxylic acids is 1. The molecular weight excluding hydrogens is 368 g/mol. The number of aromatic amines is 1. The number of hydrogen-bond acceptors (Lipinski definition) is 6. The Bertz CT molecular complexity index is 953. The highest BCUT2D eigenvalue weighted by Crippen LogP contribution is 2.33. The average Bonchev–Trinajstić information content (AvgIpc) is 3.38. The fraction of sp³-hybridized carbons (Fsp3) is 0.524. The first-order valence-electron chi connectivity index (χ1n) is 10.3. The lowest BCUT2D eigenvalue weighted by atomic mass is 9.89. The fourth-order valence-electron chi connectivity index (χ4n) is 4.75. The molecule has 4 heterocycles. The second kappa shape index (κ2) is 7.16. The van der Waals surface area contributed by atoms with E-state index >= 15 is 0 Å². The Labute approximate surface area is 169 Å². The van der Waals surface area contributed by atoms with Gasteiger partial charge in [0, 0.05) is 43.6 Å². The van der Waals surface area contributed by atoms with E-state index in [0.717, 1.165) is 62.3 Å². The number of carbonyl (C=O) groups is 1. The zero-order valence-electron chi connectivity index (χ0n) is 16.4. The van der Waals surface area contributed by atoms with Gasteiger partial charge in [-0.3, -0.25) is 9.89 Å². The number of ether oxygens (including phenoxy) is 1. The molecule has 29 heavy (non-hydrogen) atoms. The third-order valence-electron chi connectivity index (χ3n) is 6.42. The van der Waals surface area contributed by atoms with Gasteiger partial charge in [0.05, 0.1) is 17.8 Å². The van der Waals surface area contributed by atoms with E-state index in [1.807, 2.05) is 11.0 Å². The van der Waals surface area contributed by atoms with Crippen LogP contribution in [0.15, 0.2) is 18.3 Å². The molecule has 1 spiro atoms. The molecule has 5 rings (SSSR count). The van der Waals surface area contributed by atoms with Crippen molar-refractivity contribution in [3.8, 4) is 6.07 Å². The van der Waals surface area contributed by atoms with Crippen molar-refractivity contribution >= 4 is 11.7 Å². The maximum absolute atomic E-state index is 13.0. The van der Waals surface area contributed by atoms with E-state index in [2.05, 4.69) is 26.2 Å². The summed E-state index contributed by atoms with van der Waals surface area (Å²) in [6.07, 6.45) is 6.25. The van der Waals surface area contributed by atoms with Crippen molar-refractivity contribution in [2.75, 3.05) is 37.7 Å². The van der Waals surface area contributed by atoms with Gasteiger partial charge >= 0.3 is 0 Å². The summed E-state index contributed by atoms with van der Waals surface area (Å²) >= 11 is 0. The molecule has 3 aliphatic rings. The topological polar surface area (TPSA) is 98.1 Å². The van der Waals surface area contributed by atoms with Gasteiger partial charge in [0.1, 0.15) is 11.9 Å². The zero-order valence-corrected chi connectivity index (χ0v) is 16.4.